The highest BCUT2D eigenvalue weighted by Crippen LogP contribution is 2.34. The first kappa shape index (κ1) is 13.0. The van der Waals surface area contributed by atoms with E-state index in [4.69, 9.17) is 9.84 Å². The molecule has 0 aliphatic rings. The number of benzene rings is 1. The second-order valence-corrected chi connectivity index (χ2v) is 5.19. The van der Waals surface area contributed by atoms with E-state index in [0.717, 1.165) is 10.0 Å². The molecule has 94 valence electrons. The van der Waals surface area contributed by atoms with Gasteiger partial charge < -0.3 is 9.84 Å². The highest BCUT2D eigenvalue weighted by atomic mass is 79.9. The standard InChI is InChI=1S/C12H10BrNO3S/c1-2-17-10-4-3-7(13)5-8(10)11-14-9(6-18-11)12(15)16/h3-6H,2H2,1H3,(H,15,16). The van der Waals surface area contributed by atoms with Gasteiger partial charge in [-0.2, -0.15) is 0 Å². The van der Waals surface area contributed by atoms with Gasteiger partial charge in [-0.25, -0.2) is 9.78 Å². The summed E-state index contributed by atoms with van der Waals surface area (Å²) in [4.78, 5) is 14.9. The molecule has 0 fully saturated rings. The number of hydrogen-bond donors (Lipinski definition) is 1. The minimum absolute atomic E-state index is 0.0532. The summed E-state index contributed by atoms with van der Waals surface area (Å²) in [5.74, 6) is -0.322. The monoisotopic (exact) mass is 327 g/mol. The maximum absolute atomic E-state index is 10.8. The average molecular weight is 328 g/mol. The number of carbonyl (C=O) groups is 1. The van der Waals surface area contributed by atoms with Crippen molar-refractivity contribution in [3.8, 4) is 16.3 Å². The maximum Gasteiger partial charge on any atom is 0.355 e. The Morgan fingerprint density at radius 2 is 2.33 bits per heavy atom. The predicted molar refractivity (Wildman–Crippen MR) is 73.4 cm³/mol. The fourth-order valence-electron chi connectivity index (χ4n) is 1.45. The van der Waals surface area contributed by atoms with Crippen LogP contribution in [0.5, 0.6) is 5.75 Å². The van der Waals surface area contributed by atoms with Gasteiger partial charge in [-0.05, 0) is 25.1 Å². The quantitative estimate of drug-likeness (QED) is 0.930. The lowest BCUT2D eigenvalue weighted by molar-refractivity contribution is 0.0691. The highest BCUT2D eigenvalue weighted by molar-refractivity contribution is 9.10. The normalized spacial score (nSPS) is 10.3. The van der Waals surface area contributed by atoms with E-state index in [1.807, 2.05) is 25.1 Å². The van der Waals surface area contributed by atoms with Gasteiger partial charge in [0.15, 0.2) is 5.69 Å². The zero-order chi connectivity index (χ0) is 13.1. The van der Waals surface area contributed by atoms with Gasteiger partial charge in [0.25, 0.3) is 0 Å². The molecular weight excluding hydrogens is 318 g/mol. The maximum atomic E-state index is 10.8. The van der Waals surface area contributed by atoms with E-state index in [2.05, 4.69) is 20.9 Å². The van der Waals surface area contributed by atoms with Crippen LogP contribution in [0.25, 0.3) is 10.6 Å². The van der Waals surface area contributed by atoms with Crippen molar-refractivity contribution in [3.63, 3.8) is 0 Å². The van der Waals surface area contributed by atoms with E-state index in [9.17, 15) is 4.79 Å². The predicted octanol–water partition coefficient (Wildman–Crippen LogP) is 3.67. The van der Waals surface area contributed by atoms with Gasteiger partial charge in [-0.3, -0.25) is 0 Å². The van der Waals surface area contributed by atoms with Crippen LogP contribution >= 0.6 is 27.3 Å². The molecule has 1 aromatic carbocycles. The first-order valence-electron chi connectivity index (χ1n) is 5.23. The van der Waals surface area contributed by atoms with E-state index in [1.54, 1.807) is 0 Å². The number of aromatic carboxylic acids is 1. The van der Waals surface area contributed by atoms with Crippen LogP contribution in [0.2, 0.25) is 0 Å². The summed E-state index contributed by atoms with van der Waals surface area (Å²) in [7, 11) is 0. The Labute approximate surface area is 116 Å². The second-order valence-electron chi connectivity index (χ2n) is 3.42. The molecule has 18 heavy (non-hydrogen) atoms. The number of halogens is 1. The van der Waals surface area contributed by atoms with Crippen LogP contribution in [-0.4, -0.2) is 22.7 Å². The smallest absolute Gasteiger partial charge is 0.355 e. The SMILES string of the molecule is CCOc1ccc(Br)cc1-c1nc(C(=O)O)cs1. The van der Waals surface area contributed by atoms with Crippen molar-refractivity contribution in [2.24, 2.45) is 0 Å². The van der Waals surface area contributed by atoms with Gasteiger partial charge in [-0.15, -0.1) is 11.3 Å². The van der Waals surface area contributed by atoms with Crippen molar-refractivity contribution in [1.29, 1.82) is 0 Å². The van der Waals surface area contributed by atoms with Gasteiger partial charge in [0.05, 0.1) is 12.2 Å². The van der Waals surface area contributed by atoms with Crippen LogP contribution in [0.15, 0.2) is 28.1 Å². The van der Waals surface area contributed by atoms with E-state index >= 15 is 0 Å². The van der Waals surface area contributed by atoms with Crippen molar-refractivity contribution in [3.05, 3.63) is 33.7 Å². The van der Waals surface area contributed by atoms with Gasteiger partial charge in [-0.1, -0.05) is 15.9 Å². The van der Waals surface area contributed by atoms with Gasteiger partial charge >= 0.3 is 5.97 Å². The topological polar surface area (TPSA) is 59.4 Å². The van der Waals surface area contributed by atoms with E-state index in [0.29, 0.717) is 17.4 Å². The number of nitrogens with zero attached hydrogens (tertiary/aromatic N) is 1. The first-order chi connectivity index (χ1) is 8.61. The molecule has 0 spiro atoms. The summed E-state index contributed by atoms with van der Waals surface area (Å²) in [6, 6.07) is 5.58. The molecule has 0 atom stereocenters. The van der Waals surface area contributed by atoms with Crippen LogP contribution in [0, 0.1) is 0 Å². The molecule has 0 amide bonds. The van der Waals surface area contributed by atoms with Crippen molar-refractivity contribution < 1.29 is 14.6 Å². The van der Waals surface area contributed by atoms with Crippen LogP contribution in [0.4, 0.5) is 0 Å². The average Bonchev–Trinajstić information content (AvgIpc) is 2.81. The highest BCUT2D eigenvalue weighted by Gasteiger charge is 2.14. The Morgan fingerprint density at radius 3 is 2.94 bits per heavy atom. The zero-order valence-corrected chi connectivity index (χ0v) is 11.9. The summed E-state index contributed by atoms with van der Waals surface area (Å²) in [5, 5.41) is 11.0. The lowest BCUT2D eigenvalue weighted by Crippen LogP contribution is -1.97. The Hall–Kier alpha value is -1.40. The number of thiazole rings is 1. The fourth-order valence-corrected chi connectivity index (χ4v) is 2.62. The molecule has 1 N–H and O–H groups in total. The molecule has 0 aliphatic heterocycles. The zero-order valence-electron chi connectivity index (χ0n) is 9.51. The Balaban J connectivity index is 2.47. The molecule has 6 heteroatoms. The van der Waals surface area contributed by atoms with E-state index in [-0.39, 0.29) is 5.69 Å². The van der Waals surface area contributed by atoms with Crippen LogP contribution in [0.3, 0.4) is 0 Å². The molecule has 1 aromatic heterocycles. The number of rotatable bonds is 4. The van der Waals surface area contributed by atoms with Gasteiger partial charge in [0, 0.05) is 9.85 Å². The van der Waals surface area contributed by atoms with Crippen LogP contribution < -0.4 is 4.74 Å². The minimum Gasteiger partial charge on any atom is -0.493 e. The molecule has 0 saturated heterocycles. The number of aromatic nitrogens is 1. The fraction of sp³-hybridized carbons (Fsp3) is 0.167. The molecule has 1 heterocycles. The molecule has 0 aliphatic carbocycles. The molecule has 0 saturated carbocycles. The minimum atomic E-state index is -1.02. The third kappa shape index (κ3) is 2.70. The lowest BCUT2D eigenvalue weighted by Gasteiger charge is -2.08. The molecule has 4 nitrogen and oxygen atoms in total. The van der Waals surface area contributed by atoms with Crippen LogP contribution in [0.1, 0.15) is 17.4 Å². The number of hydrogen-bond acceptors (Lipinski definition) is 4. The molecule has 0 bridgehead atoms. The summed E-state index contributed by atoms with van der Waals surface area (Å²) >= 11 is 4.67. The number of carboxylic acids is 1. The van der Waals surface area contributed by atoms with Crippen molar-refractivity contribution >= 4 is 33.2 Å². The van der Waals surface area contributed by atoms with E-state index < -0.39 is 5.97 Å². The third-order valence-corrected chi connectivity index (χ3v) is 3.56. The molecule has 0 unspecified atom stereocenters. The Bertz CT molecular complexity index is 582. The van der Waals surface area contributed by atoms with Gasteiger partial charge in [0.2, 0.25) is 0 Å². The first-order valence-corrected chi connectivity index (χ1v) is 6.90. The molecule has 0 radical (unpaired) electrons. The second kappa shape index (κ2) is 5.49. The van der Waals surface area contributed by atoms with Gasteiger partial charge in [0.1, 0.15) is 10.8 Å². The Kier molecular flexibility index (Phi) is 3.98. The summed E-state index contributed by atoms with van der Waals surface area (Å²) in [6.07, 6.45) is 0. The molecule has 2 rings (SSSR count). The summed E-state index contributed by atoms with van der Waals surface area (Å²) in [6.45, 7) is 2.45. The van der Waals surface area contributed by atoms with Crippen molar-refractivity contribution in [1.82, 2.24) is 4.98 Å². The van der Waals surface area contributed by atoms with E-state index in [1.165, 1.54) is 16.7 Å². The third-order valence-electron chi connectivity index (χ3n) is 2.20. The summed E-state index contributed by atoms with van der Waals surface area (Å²) in [5.41, 5.74) is 0.848. The van der Waals surface area contributed by atoms with Crippen LogP contribution in [-0.2, 0) is 0 Å². The summed E-state index contributed by atoms with van der Waals surface area (Å²) < 4.78 is 6.41. The van der Waals surface area contributed by atoms with Crippen molar-refractivity contribution in [2.75, 3.05) is 6.61 Å². The Morgan fingerprint density at radius 1 is 1.56 bits per heavy atom. The molecular formula is C12H10BrNO3S. The lowest BCUT2D eigenvalue weighted by atomic mass is 10.2. The largest absolute Gasteiger partial charge is 0.493 e. The molecule has 2 aromatic rings. The number of ether oxygens (including phenoxy) is 1. The van der Waals surface area contributed by atoms with Crippen molar-refractivity contribution in [2.45, 2.75) is 6.92 Å². The number of carboxylic acid groups (broad SMARTS) is 1.